The Bertz CT molecular complexity index is 925. The molecule has 3 fully saturated rings. The van der Waals surface area contributed by atoms with Crippen molar-refractivity contribution in [1.82, 2.24) is 0 Å². The molecule has 188 valence electrons. The van der Waals surface area contributed by atoms with E-state index in [9.17, 15) is 14.4 Å². The fourth-order valence-corrected chi connectivity index (χ4v) is 7.14. The van der Waals surface area contributed by atoms with Gasteiger partial charge in [-0.1, -0.05) is 20.3 Å². The first-order valence-corrected chi connectivity index (χ1v) is 12.2. The number of hydrogen-bond donors (Lipinski definition) is 0. The van der Waals surface area contributed by atoms with E-state index < -0.39 is 17.1 Å². The summed E-state index contributed by atoms with van der Waals surface area (Å²) < 4.78 is 28.8. The Labute approximate surface area is 200 Å². The number of esters is 3. The molecule has 0 unspecified atom stereocenters. The van der Waals surface area contributed by atoms with Crippen LogP contribution in [0.5, 0.6) is 0 Å². The van der Waals surface area contributed by atoms with E-state index in [0.717, 1.165) is 24.8 Å². The SMILES string of the molecule is CC(=O)OC[C@@]12CCC[C@@H]3[C@@](C)(C[C@H](OC(C)=O)c4ccoc4)[C@H](C)C[C@H](OC(C)=O)[C@]31CO2. The van der Waals surface area contributed by atoms with Gasteiger partial charge in [0.1, 0.15) is 24.4 Å². The van der Waals surface area contributed by atoms with Gasteiger partial charge in [0.25, 0.3) is 0 Å². The van der Waals surface area contributed by atoms with Gasteiger partial charge in [0.2, 0.25) is 0 Å². The van der Waals surface area contributed by atoms with Crippen molar-refractivity contribution in [3.05, 3.63) is 24.2 Å². The molecular weight excluding hydrogens is 440 g/mol. The highest BCUT2D eigenvalue weighted by Gasteiger charge is 2.75. The predicted molar refractivity (Wildman–Crippen MR) is 120 cm³/mol. The molecule has 2 aliphatic carbocycles. The Hall–Kier alpha value is -2.35. The minimum Gasteiger partial charge on any atom is -0.472 e. The van der Waals surface area contributed by atoms with Crippen LogP contribution >= 0.6 is 0 Å². The van der Waals surface area contributed by atoms with Crippen molar-refractivity contribution in [3.63, 3.8) is 0 Å². The summed E-state index contributed by atoms with van der Waals surface area (Å²) in [6, 6.07) is 1.83. The second-order valence-electron chi connectivity index (χ2n) is 10.6. The van der Waals surface area contributed by atoms with Crippen molar-refractivity contribution >= 4 is 17.9 Å². The van der Waals surface area contributed by atoms with Crippen LogP contribution < -0.4 is 0 Å². The predicted octanol–water partition coefficient (Wildman–Crippen LogP) is 4.37. The lowest BCUT2D eigenvalue weighted by Gasteiger charge is -2.72. The summed E-state index contributed by atoms with van der Waals surface area (Å²) in [6.07, 6.45) is 6.29. The van der Waals surface area contributed by atoms with Gasteiger partial charge in [0, 0.05) is 26.3 Å². The first-order chi connectivity index (χ1) is 16.0. The summed E-state index contributed by atoms with van der Waals surface area (Å²) in [4.78, 5) is 35.8. The van der Waals surface area contributed by atoms with Gasteiger partial charge in [0.15, 0.2) is 0 Å². The van der Waals surface area contributed by atoms with Gasteiger partial charge in [-0.2, -0.15) is 0 Å². The van der Waals surface area contributed by atoms with Crippen molar-refractivity contribution in [2.45, 2.75) is 84.5 Å². The number of furan rings is 1. The van der Waals surface area contributed by atoms with Crippen LogP contribution in [-0.2, 0) is 33.3 Å². The lowest BCUT2D eigenvalue weighted by atomic mass is 9.40. The fraction of sp³-hybridized carbons (Fsp3) is 0.731. The molecule has 34 heavy (non-hydrogen) atoms. The van der Waals surface area contributed by atoms with E-state index in [0.29, 0.717) is 19.4 Å². The molecule has 3 aliphatic rings. The molecule has 0 aromatic carbocycles. The molecule has 0 N–H and O–H groups in total. The molecule has 2 heterocycles. The largest absolute Gasteiger partial charge is 0.472 e. The van der Waals surface area contributed by atoms with E-state index in [1.807, 2.05) is 6.07 Å². The molecule has 7 atom stereocenters. The van der Waals surface area contributed by atoms with Gasteiger partial charge in [0.05, 0.1) is 24.5 Å². The van der Waals surface area contributed by atoms with Crippen LogP contribution in [0.15, 0.2) is 23.0 Å². The monoisotopic (exact) mass is 476 g/mol. The van der Waals surface area contributed by atoms with E-state index in [1.165, 1.54) is 20.8 Å². The molecule has 8 heteroatoms. The first-order valence-electron chi connectivity index (χ1n) is 12.2. The quantitative estimate of drug-likeness (QED) is 0.422. The zero-order valence-electron chi connectivity index (χ0n) is 20.8. The third-order valence-corrected chi connectivity index (χ3v) is 8.86. The highest BCUT2D eigenvalue weighted by atomic mass is 16.6. The van der Waals surface area contributed by atoms with E-state index in [1.54, 1.807) is 12.5 Å². The summed E-state index contributed by atoms with van der Waals surface area (Å²) >= 11 is 0. The molecule has 1 aliphatic heterocycles. The second-order valence-corrected chi connectivity index (χ2v) is 10.6. The Morgan fingerprint density at radius 3 is 2.50 bits per heavy atom. The van der Waals surface area contributed by atoms with Crippen LogP contribution in [0.4, 0.5) is 0 Å². The molecule has 8 nitrogen and oxygen atoms in total. The number of hydrogen-bond acceptors (Lipinski definition) is 8. The van der Waals surface area contributed by atoms with Crippen molar-refractivity contribution in [2.24, 2.45) is 22.7 Å². The smallest absolute Gasteiger partial charge is 0.303 e. The van der Waals surface area contributed by atoms with Crippen LogP contribution in [0.1, 0.15) is 78.4 Å². The van der Waals surface area contributed by atoms with Crippen molar-refractivity contribution in [3.8, 4) is 0 Å². The summed E-state index contributed by atoms with van der Waals surface area (Å²) in [7, 11) is 0. The molecule has 0 radical (unpaired) electrons. The molecule has 0 bridgehead atoms. The molecule has 1 aromatic rings. The van der Waals surface area contributed by atoms with E-state index >= 15 is 0 Å². The molecule has 2 saturated carbocycles. The van der Waals surface area contributed by atoms with E-state index in [4.69, 9.17) is 23.4 Å². The van der Waals surface area contributed by atoms with Gasteiger partial charge < -0.3 is 23.4 Å². The van der Waals surface area contributed by atoms with Crippen molar-refractivity contribution in [1.29, 1.82) is 0 Å². The zero-order valence-corrected chi connectivity index (χ0v) is 20.8. The van der Waals surface area contributed by atoms with Crippen LogP contribution in [0.2, 0.25) is 0 Å². The summed E-state index contributed by atoms with van der Waals surface area (Å²) in [5.41, 5.74) is -0.577. The maximum absolute atomic E-state index is 12.1. The van der Waals surface area contributed by atoms with Gasteiger partial charge >= 0.3 is 17.9 Å². The zero-order chi connectivity index (χ0) is 24.7. The van der Waals surface area contributed by atoms with Gasteiger partial charge in [-0.15, -0.1) is 0 Å². The Kier molecular flexibility index (Phi) is 6.57. The minimum atomic E-state index is -0.685. The highest BCUT2D eigenvalue weighted by Crippen LogP contribution is 2.70. The Morgan fingerprint density at radius 2 is 1.94 bits per heavy atom. The average Bonchev–Trinajstić information content (AvgIpc) is 3.26. The minimum absolute atomic E-state index is 0.121. The molecule has 4 rings (SSSR count). The molecular formula is C26H36O8. The number of carbonyl (C=O) groups excluding carboxylic acids is 3. The van der Waals surface area contributed by atoms with Crippen LogP contribution in [0, 0.1) is 22.7 Å². The van der Waals surface area contributed by atoms with E-state index in [-0.39, 0.29) is 47.9 Å². The third-order valence-electron chi connectivity index (χ3n) is 8.86. The number of ether oxygens (including phenoxy) is 4. The van der Waals surface area contributed by atoms with Crippen LogP contribution in [0.25, 0.3) is 0 Å². The highest BCUT2D eigenvalue weighted by molar-refractivity contribution is 5.67. The van der Waals surface area contributed by atoms with Gasteiger partial charge in [-0.25, -0.2) is 0 Å². The third kappa shape index (κ3) is 3.93. The van der Waals surface area contributed by atoms with E-state index in [2.05, 4.69) is 13.8 Å². The van der Waals surface area contributed by atoms with Gasteiger partial charge in [-0.05, 0) is 49.0 Å². The average molecular weight is 477 g/mol. The van der Waals surface area contributed by atoms with Crippen molar-refractivity contribution < 1.29 is 37.7 Å². The fourth-order valence-electron chi connectivity index (χ4n) is 7.14. The van der Waals surface area contributed by atoms with Gasteiger partial charge in [-0.3, -0.25) is 14.4 Å². The normalized spacial score (nSPS) is 37.4. The Morgan fingerprint density at radius 1 is 1.18 bits per heavy atom. The van der Waals surface area contributed by atoms with Crippen molar-refractivity contribution in [2.75, 3.05) is 13.2 Å². The maximum Gasteiger partial charge on any atom is 0.303 e. The Balaban J connectivity index is 1.74. The van der Waals surface area contributed by atoms with Crippen LogP contribution in [0.3, 0.4) is 0 Å². The lowest BCUT2D eigenvalue weighted by molar-refractivity contribution is -0.378. The number of rotatable bonds is 7. The topological polar surface area (TPSA) is 101 Å². The summed E-state index contributed by atoms with van der Waals surface area (Å²) in [6.45, 7) is 9.29. The standard InChI is InChI=1S/C26H36O8/c1-16-11-23(34-19(4)29)26-15-32-25(26,14-31-17(2)27)9-6-7-22(26)24(16,5)12-21(33-18(3)28)20-8-10-30-13-20/h8,10,13,16,21-23H,6-7,9,11-12,14-15H2,1-5H3/t16-,21+,22-,23+,24+,25+,26+/m1/s1. The first kappa shape index (κ1) is 24.8. The molecule has 0 amide bonds. The lowest BCUT2D eigenvalue weighted by Crippen LogP contribution is -2.79. The molecule has 1 spiro atoms. The second kappa shape index (κ2) is 9.02. The molecule has 1 aromatic heterocycles. The number of carbonyl (C=O) groups is 3. The molecule has 1 saturated heterocycles. The summed E-state index contributed by atoms with van der Waals surface area (Å²) in [5.74, 6) is -0.707. The van der Waals surface area contributed by atoms with Crippen LogP contribution in [-0.4, -0.2) is 42.8 Å². The summed E-state index contributed by atoms with van der Waals surface area (Å²) in [5, 5.41) is 0. The maximum atomic E-state index is 12.1.